The summed E-state index contributed by atoms with van der Waals surface area (Å²) in [5, 5.41) is 0.0846. The van der Waals surface area contributed by atoms with Gasteiger partial charge in [-0.05, 0) is 47.7 Å². The van der Waals surface area contributed by atoms with Gasteiger partial charge in [-0.1, -0.05) is 29.8 Å². The number of carbonyl (C=O) groups is 2. The van der Waals surface area contributed by atoms with Gasteiger partial charge in [-0.2, -0.15) is 15.0 Å². The van der Waals surface area contributed by atoms with Crippen LogP contribution in [0.15, 0.2) is 47.4 Å². The molecule has 6 rings (SSSR count). The van der Waals surface area contributed by atoms with Gasteiger partial charge >= 0.3 is 6.01 Å². The van der Waals surface area contributed by atoms with Crippen molar-refractivity contribution in [1.82, 2.24) is 19.9 Å². The SMILES string of the molecule is COc1cc(/C=C2\SC(=O)N(CCOc3ccccc3Cl)C2=O)ccc1Oc1nc(N2CCOCC2)nc(N2CCOCC2)n1. The van der Waals surface area contributed by atoms with E-state index in [0.29, 0.717) is 92.3 Å². The highest BCUT2D eigenvalue weighted by Gasteiger charge is 2.35. The smallest absolute Gasteiger partial charge is 0.328 e. The maximum absolute atomic E-state index is 13.0. The van der Waals surface area contributed by atoms with Crippen LogP contribution in [-0.4, -0.2) is 104 Å². The largest absolute Gasteiger partial charge is 0.493 e. The number of aromatic nitrogens is 3. The first-order valence-electron chi connectivity index (χ1n) is 14.4. The maximum atomic E-state index is 13.0. The van der Waals surface area contributed by atoms with Crippen molar-refractivity contribution in [3.8, 4) is 23.3 Å². The molecule has 0 saturated carbocycles. The van der Waals surface area contributed by atoms with Gasteiger partial charge < -0.3 is 33.5 Å². The van der Waals surface area contributed by atoms with Gasteiger partial charge in [0, 0.05) is 26.2 Å². The molecule has 0 radical (unpaired) electrons. The quantitative estimate of drug-likeness (QED) is 0.291. The first-order valence-corrected chi connectivity index (χ1v) is 15.6. The van der Waals surface area contributed by atoms with E-state index in [1.165, 1.54) is 7.11 Å². The van der Waals surface area contributed by atoms with Crippen LogP contribution in [0.4, 0.5) is 16.7 Å². The van der Waals surface area contributed by atoms with E-state index in [-0.39, 0.29) is 29.3 Å². The second-order valence-corrected chi connectivity index (χ2v) is 11.4. The molecule has 1 aromatic heterocycles. The molecule has 4 heterocycles. The van der Waals surface area contributed by atoms with Gasteiger partial charge in [0.25, 0.3) is 11.1 Å². The van der Waals surface area contributed by atoms with E-state index < -0.39 is 5.91 Å². The van der Waals surface area contributed by atoms with Crippen molar-refractivity contribution < 1.29 is 33.3 Å². The van der Waals surface area contributed by atoms with Crippen molar-refractivity contribution in [2.75, 3.05) is 82.7 Å². The van der Waals surface area contributed by atoms with Gasteiger partial charge in [-0.3, -0.25) is 14.5 Å². The first kappa shape index (κ1) is 30.9. The molecule has 0 N–H and O–H groups in total. The van der Waals surface area contributed by atoms with Crippen molar-refractivity contribution in [3.63, 3.8) is 0 Å². The van der Waals surface area contributed by atoms with E-state index in [1.807, 2.05) is 9.80 Å². The lowest BCUT2D eigenvalue weighted by Crippen LogP contribution is -2.40. The van der Waals surface area contributed by atoms with Crippen molar-refractivity contribution >= 4 is 52.5 Å². The van der Waals surface area contributed by atoms with Gasteiger partial charge in [0.2, 0.25) is 11.9 Å². The van der Waals surface area contributed by atoms with E-state index in [4.69, 9.17) is 40.3 Å². The number of carbonyl (C=O) groups excluding carboxylic acids is 2. The lowest BCUT2D eigenvalue weighted by Gasteiger charge is -2.30. The Labute approximate surface area is 269 Å². The summed E-state index contributed by atoms with van der Waals surface area (Å²) in [5.41, 5.74) is 0.649. The average Bonchev–Trinajstić information content (AvgIpc) is 3.34. The van der Waals surface area contributed by atoms with Gasteiger partial charge in [0.15, 0.2) is 11.5 Å². The number of amides is 2. The Hall–Kier alpha value is -4.11. The summed E-state index contributed by atoms with van der Waals surface area (Å²) in [6, 6.07) is 12.3. The Morgan fingerprint density at radius 3 is 2.20 bits per heavy atom. The summed E-state index contributed by atoms with van der Waals surface area (Å²) in [5.74, 6) is 1.89. The number of anilines is 2. The van der Waals surface area contributed by atoms with E-state index in [2.05, 4.69) is 9.97 Å². The van der Waals surface area contributed by atoms with Crippen molar-refractivity contribution in [2.24, 2.45) is 0 Å². The number of thioether (sulfide) groups is 1. The number of halogens is 1. The Morgan fingerprint density at radius 2 is 1.56 bits per heavy atom. The summed E-state index contributed by atoms with van der Waals surface area (Å²) in [6.45, 7) is 5.17. The molecule has 15 heteroatoms. The van der Waals surface area contributed by atoms with Crippen molar-refractivity contribution in [1.29, 1.82) is 0 Å². The highest BCUT2D eigenvalue weighted by Crippen LogP contribution is 2.36. The summed E-state index contributed by atoms with van der Waals surface area (Å²) in [7, 11) is 1.52. The molecule has 13 nitrogen and oxygen atoms in total. The summed E-state index contributed by atoms with van der Waals surface area (Å²) in [4.78, 5) is 45.1. The molecule has 3 aliphatic heterocycles. The zero-order valence-electron chi connectivity index (χ0n) is 24.5. The maximum Gasteiger partial charge on any atom is 0.328 e. The fourth-order valence-electron chi connectivity index (χ4n) is 4.80. The van der Waals surface area contributed by atoms with Crippen LogP contribution in [0.3, 0.4) is 0 Å². The fraction of sp³-hybridized carbons (Fsp3) is 0.367. The standard InChI is InChI=1S/C30H31ClN6O7S/c1-40-24-18-20(19-25-26(38)37(30(39)45-25)12-17-43-22-5-3-2-4-21(22)31)6-7-23(24)44-29-33-27(35-8-13-41-14-9-35)32-28(34-29)36-10-15-42-16-11-36/h2-7,18-19H,8-17H2,1H3/b25-19-. The topological polar surface area (TPSA) is 129 Å². The lowest BCUT2D eigenvalue weighted by atomic mass is 10.2. The molecule has 2 aromatic carbocycles. The number of methoxy groups -OCH3 is 1. The molecule has 236 valence electrons. The third kappa shape index (κ3) is 7.41. The van der Waals surface area contributed by atoms with Gasteiger partial charge in [-0.15, -0.1) is 0 Å². The van der Waals surface area contributed by atoms with Crippen LogP contribution in [0.25, 0.3) is 6.08 Å². The zero-order chi connectivity index (χ0) is 31.2. The molecule has 3 saturated heterocycles. The first-order chi connectivity index (χ1) is 22.0. The number of imide groups is 1. The van der Waals surface area contributed by atoms with Gasteiger partial charge in [-0.25, -0.2) is 0 Å². The predicted molar refractivity (Wildman–Crippen MR) is 169 cm³/mol. The molecule has 3 aromatic rings. The predicted octanol–water partition coefficient (Wildman–Crippen LogP) is 4.11. The number of hydrogen-bond acceptors (Lipinski definition) is 13. The Bertz CT molecular complexity index is 1550. The molecule has 0 unspecified atom stereocenters. The summed E-state index contributed by atoms with van der Waals surface area (Å²) >= 11 is 6.99. The number of benzene rings is 2. The molecule has 3 fully saturated rings. The van der Waals surface area contributed by atoms with Crippen LogP contribution in [0, 0.1) is 0 Å². The second kappa shape index (κ2) is 14.3. The number of nitrogens with zero attached hydrogens (tertiary/aromatic N) is 6. The molecular weight excluding hydrogens is 624 g/mol. The highest BCUT2D eigenvalue weighted by molar-refractivity contribution is 8.18. The highest BCUT2D eigenvalue weighted by atomic mass is 35.5. The van der Waals surface area contributed by atoms with E-state index in [1.54, 1.807) is 48.5 Å². The van der Waals surface area contributed by atoms with Crippen LogP contribution < -0.4 is 24.0 Å². The van der Waals surface area contributed by atoms with E-state index in [9.17, 15) is 9.59 Å². The summed E-state index contributed by atoms with van der Waals surface area (Å²) < 4.78 is 28.4. The minimum Gasteiger partial charge on any atom is -0.493 e. The van der Waals surface area contributed by atoms with Crippen LogP contribution >= 0.6 is 23.4 Å². The van der Waals surface area contributed by atoms with E-state index in [0.717, 1.165) is 16.7 Å². The molecule has 0 aliphatic carbocycles. The molecule has 0 spiro atoms. The van der Waals surface area contributed by atoms with Crippen LogP contribution in [0.2, 0.25) is 5.02 Å². The van der Waals surface area contributed by atoms with E-state index >= 15 is 0 Å². The molecule has 0 bridgehead atoms. The van der Waals surface area contributed by atoms with Crippen LogP contribution in [0.1, 0.15) is 5.56 Å². The average molecular weight is 655 g/mol. The Balaban J connectivity index is 1.17. The molecule has 2 amide bonds. The third-order valence-corrected chi connectivity index (χ3v) is 8.37. The molecule has 45 heavy (non-hydrogen) atoms. The number of morpholine rings is 2. The molecule has 3 aliphatic rings. The number of hydrogen-bond donors (Lipinski definition) is 0. The normalized spacial score (nSPS) is 18.1. The fourth-order valence-corrected chi connectivity index (χ4v) is 5.86. The Morgan fingerprint density at radius 1 is 0.889 bits per heavy atom. The number of rotatable bonds is 10. The molecular formula is C30H31ClN6O7S. The second-order valence-electron chi connectivity index (χ2n) is 10.0. The third-order valence-electron chi connectivity index (χ3n) is 7.15. The molecule has 0 atom stereocenters. The van der Waals surface area contributed by atoms with Crippen molar-refractivity contribution in [2.45, 2.75) is 0 Å². The van der Waals surface area contributed by atoms with Crippen molar-refractivity contribution in [3.05, 3.63) is 58.0 Å². The number of para-hydroxylation sites is 1. The summed E-state index contributed by atoms with van der Waals surface area (Å²) in [6.07, 6.45) is 1.64. The van der Waals surface area contributed by atoms with Gasteiger partial charge in [0.05, 0.1) is 50.0 Å². The van der Waals surface area contributed by atoms with Gasteiger partial charge in [0.1, 0.15) is 12.4 Å². The lowest BCUT2D eigenvalue weighted by molar-refractivity contribution is -0.123. The van der Waals surface area contributed by atoms with Crippen LogP contribution in [0.5, 0.6) is 23.3 Å². The minimum absolute atomic E-state index is 0.0914. The zero-order valence-corrected chi connectivity index (χ0v) is 26.1. The monoisotopic (exact) mass is 654 g/mol. The number of ether oxygens (including phenoxy) is 5. The minimum atomic E-state index is -0.400. The van der Waals surface area contributed by atoms with Crippen LogP contribution in [-0.2, 0) is 14.3 Å². The Kier molecular flexibility index (Phi) is 9.84.